The van der Waals surface area contributed by atoms with E-state index in [1.165, 1.54) is 4.90 Å². The van der Waals surface area contributed by atoms with Crippen molar-refractivity contribution in [2.24, 2.45) is 0 Å². The first-order valence-electron chi connectivity index (χ1n) is 6.35. The van der Waals surface area contributed by atoms with Crippen LogP contribution in [0.15, 0.2) is 24.3 Å². The van der Waals surface area contributed by atoms with Crippen LogP contribution in [-0.2, 0) is 9.53 Å². The Balaban J connectivity index is 2.86. The van der Waals surface area contributed by atoms with Gasteiger partial charge in [0.1, 0.15) is 6.54 Å². The molecule has 0 aliphatic heterocycles. The molecule has 5 heteroatoms. The van der Waals surface area contributed by atoms with Crippen LogP contribution in [0.1, 0.15) is 24.2 Å². The van der Waals surface area contributed by atoms with Crippen molar-refractivity contribution >= 4 is 17.6 Å². The number of carbonyl (C=O) groups is 2. The lowest BCUT2D eigenvalue weighted by atomic mass is 10.1. The number of amides is 1. The number of esters is 1. The fourth-order valence-corrected chi connectivity index (χ4v) is 1.75. The van der Waals surface area contributed by atoms with Crippen LogP contribution in [0.2, 0.25) is 0 Å². The minimum atomic E-state index is -0.389. The fourth-order valence-electron chi connectivity index (χ4n) is 1.75. The van der Waals surface area contributed by atoms with Crippen LogP contribution >= 0.6 is 0 Å². The number of nitrogens with zero attached hydrogens (tertiary/aromatic N) is 1. The van der Waals surface area contributed by atoms with Gasteiger partial charge < -0.3 is 15.0 Å². The number of ether oxygens (including phenoxy) is 1. The van der Waals surface area contributed by atoms with Gasteiger partial charge in [-0.2, -0.15) is 0 Å². The minimum absolute atomic E-state index is 0.0266. The SMILES string of the molecule is CCOC(=O)CN(CC)C(=O)c1ccccc1NC. The molecule has 1 rings (SSSR count). The minimum Gasteiger partial charge on any atom is -0.465 e. The molecule has 0 radical (unpaired) electrons. The van der Waals surface area contributed by atoms with Gasteiger partial charge in [-0.1, -0.05) is 12.1 Å². The summed E-state index contributed by atoms with van der Waals surface area (Å²) in [4.78, 5) is 25.3. The molecule has 1 amide bonds. The Morgan fingerprint density at radius 2 is 1.95 bits per heavy atom. The second-order valence-electron chi connectivity index (χ2n) is 3.92. The Bertz CT molecular complexity index is 446. The Labute approximate surface area is 113 Å². The van der Waals surface area contributed by atoms with Gasteiger partial charge >= 0.3 is 5.97 Å². The van der Waals surface area contributed by atoms with Gasteiger partial charge in [-0.3, -0.25) is 9.59 Å². The van der Waals surface area contributed by atoms with E-state index < -0.39 is 0 Å². The summed E-state index contributed by atoms with van der Waals surface area (Å²) in [6.07, 6.45) is 0. The second kappa shape index (κ2) is 7.41. The summed E-state index contributed by atoms with van der Waals surface area (Å²) in [5.74, 6) is -0.569. The first-order chi connectivity index (χ1) is 9.13. The third-order valence-electron chi connectivity index (χ3n) is 2.72. The van der Waals surface area contributed by atoms with Crippen LogP contribution in [0.25, 0.3) is 0 Å². The van der Waals surface area contributed by atoms with E-state index in [0.29, 0.717) is 18.7 Å². The molecule has 0 bridgehead atoms. The van der Waals surface area contributed by atoms with Crippen molar-refractivity contribution in [2.45, 2.75) is 13.8 Å². The van der Waals surface area contributed by atoms with Crippen molar-refractivity contribution in [2.75, 3.05) is 32.1 Å². The zero-order valence-electron chi connectivity index (χ0n) is 11.6. The topological polar surface area (TPSA) is 58.6 Å². The molecule has 0 saturated carbocycles. The van der Waals surface area contributed by atoms with Gasteiger partial charge in [-0.25, -0.2) is 0 Å². The fraction of sp³-hybridized carbons (Fsp3) is 0.429. The zero-order valence-corrected chi connectivity index (χ0v) is 11.6. The predicted octanol–water partition coefficient (Wildman–Crippen LogP) is 1.75. The van der Waals surface area contributed by atoms with Crippen LogP contribution < -0.4 is 5.32 Å². The molecule has 0 spiro atoms. The lowest BCUT2D eigenvalue weighted by Gasteiger charge is -2.21. The summed E-state index contributed by atoms with van der Waals surface area (Å²) in [7, 11) is 1.76. The maximum absolute atomic E-state index is 12.4. The van der Waals surface area contributed by atoms with Crippen molar-refractivity contribution in [1.82, 2.24) is 4.90 Å². The van der Waals surface area contributed by atoms with Crippen LogP contribution in [0, 0.1) is 0 Å². The Morgan fingerprint density at radius 1 is 1.26 bits per heavy atom. The van der Waals surface area contributed by atoms with E-state index >= 15 is 0 Å². The molecule has 0 fully saturated rings. The van der Waals surface area contributed by atoms with Crippen molar-refractivity contribution in [1.29, 1.82) is 0 Å². The molecular weight excluding hydrogens is 244 g/mol. The summed E-state index contributed by atoms with van der Waals surface area (Å²) in [5, 5.41) is 2.97. The molecule has 5 nitrogen and oxygen atoms in total. The van der Waals surface area contributed by atoms with Crippen LogP contribution in [0.3, 0.4) is 0 Å². The monoisotopic (exact) mass is 264 g/mol. The highest BCUT2D eigenvalue weighted by Crippen LogP contribution is 2.16. The van der Waals surface area contributed by atoms with Crippen molar-refractivity contribution in [3.05, 3.63) is 29.8 Å². The molecule has 1 aromatic carbocycles. The maximum Gasteiger partial charge on any atom is 0.325 e. The number of hydrogen-bond donors (Lipinski definition) is 1. The van der Waals surface area contributed by atoms with Gasteiger partial charge in [-0.15, -0.1) is 0 Å². The number of benzene rings is 1. The number of hydrogen-bond acceptors (Lipinski definition) is 4. The second-order valence-corrected chi connectivity index (χ2v) is 3.92. The van der Waals surface area contributed by atoms with E-state index in [4.69, 9.17) is 4.74 Å². The van der Waals surface area contributed by atoms with Crippen molar-refractivity contribution in [3.63, 3.8) is 0 Å². The molecule has 0 aliphatic rings. The molecule has 1 aromatic rings. The average Bonchev–Trinajstić information content (AvgIpc) is 2.44. The van der Waals surface area contributed by atoms with E-state index in [-0.39, 0.29) is 18.4 Å². The largest absolute Gasteiger partial charge is 0.465 e. The van der Waals surface area contributed by atoms with Gasteiger partial charge in [0, 0.05) is 19.3 Å². The molecule has 104 valence electrons. The van der Waals surface area contributed by atoms with E-state index in [2.05, 4.69) is 5.32 Å². The van der Waals surface area contributed by atoms with E-state index in [1.54, 1.807) is 26.1 Å². The van der Waals surface area contributed by atoms with E-state index in [0.717, 1.165) is 5.69 Å². The average molecular weight is 264 g/mol. The third kappa shape index (κ3) is 3.98. The molecule has 0 atom stereocenters. The number of likely N-dealkylation sites (N-methyl/N-ethyl adjacent to an activating group) is 1. The molecule has 0 aromatic heterocycles. The maximum atomic E-state index is 12.4. The van der Waals surface area contributed by atoms with Crippen LogP contribution in [0.5, 0.6) is 0 Å². The lowest BCUT2D eigenvalue weighted by Crippen LogP contribution is -2.36. The zero-order chi connectivity index (χ0) is 14.3. The predicted molar refractivity (Wildman–Crippen MR) is 74.2 cm³/mol. The molecule has 19 heavy (non-hydrogen) atoms. The standard InChI is InChI=1S/C14H20N2O3/c1-4-16(10-13(17)19-5-2)14(18)11-8-6-7-9-12(11)15-3/h6-9,15H,4-5,10H2,1-3H3. The quantitative estimate of drug-likeness (QED) is 0.795. The number of rotatable bonds is 6. The molecule has 0 saturated heterocycles. The summed E-state index contributed by atoms with van der Waals surface area (Å²) in [6.45, 7) is 4.32. The van der Waals surface area contributed by atoms with Gasteiger partial charge in [0.15, 0.2) is 0 Å². The molecule has 0 heterocycles. The lowest BCUT2D eigenvalue weighted by molar-refractivity contribution is -0.143. The summed E-state index contributed by atoms with van der Waals surface area (Å²) >= 11 is 0. The highest BCUT2D eigenvalue weighted by molar-refractivity contribution is 6.00. The Hall–Kier alpha value is -2.04. The molecule has 0 unspecified atom stereocenters. The van der Waals surface area contributed by atoms with Gasteiger partial charge in [0.25, 0.3) is 5.91 Å². The van der Waals surface area contributed by atoms with Crippen LogP contribution in [-0.4, -0.2) is 43.5 Å². The summed E-state index contributed by atoms with van der Waals surface area (Å²) < 4.78 is 4.87. The Morgan fingerprint density at radius 3 is 2.53 bits per heavy atom. The smallest absolute Gasteiger partial charge is 0.325 e. The summed E-state index contributed by atoms with van der Waals surface area (Å²) in [6, 6.07) is 7.21. The van der Waals surface area contributed by atoms with E-state index in [9.17, 15) is 9.59 Å². The van der Waals surface area contributed by atoms with Crippen molar-refractivity contribution in [3.8, 4) is 0 Å². The Kier molecular flexibility index (Phi) is 5.85. The normalized spacial score (nSPS) is 9.84. The molecular formula is C14H20N2O3. The molecule has 0 aliphatic carbocycles. The van der Waals surface area contributed by atoms with Gasteiger partial charge in [0.2, 0.25) is 0 Å². The third-order valence-corrected chi connectivity index (χ3v) is 2.72. The van der Waals surface area contributed by atoms with Crippen molar-refractivity contribution < 1.29 is 14.3 Å². The van der Waals surface area contributed by atoms with Gasteiger partial charge in [-0.05, 0) is 26.0 Å². The number of carbonyl (C=O) groups excluding carboxylic acids is 2. The van der Waals surface area contributed by atoms with Gasteiger partial charge in [0.05, 0.1) is 12.2 Å². The molecule has 1 N–H and O–H groups in total. The highest BCUT2D eigenvalue weighted by atomic mass is 16.5. The number of nitrogens with one attached hydrogen (secondary N) is 1. The van der Waals surface area contributed by atoms with Crippen LogP contribution in [0.4, 0.5) is 5.69 Å². The summed E-state index contributed by atoms with van der Waals surface area (Å²) in [5.41, 5.74) is 1.30. The first kappa shape index (κ1) is 15.0. The number of para-hydroxylation sites is 1. The first-order valence-corrected chi connectivity index (χ1v) is 6.35. The van der Waals surface area contributed by atoms with E-state index in [1.807, 2.05) is 19.1 Å². The number of anilines is 1. The highest BCUT2D eigenvalue weighted by Gasteiger charge is 2.19.